The van der Waals surface area contributed by atoms with Crippen molar-refractivity contribution < 1.29 is 50.7 Å². The predicted molar refractivity (Wildman–Crippen MR) is 230 cm³/mol. The third kappa shape index (κ3) is 10.5. The summed E-state index contributed by atoms with van der Waals surface area (Å²) in [5.74, 6) is -5.58. The molecule has 0 spiro atoms. The number of rotatable bonds is 19. The number of aromatic nitrogens is 1. The van der Waals surface area contributed by atoms with E-state index in [2.05, 4.69) is 37.4 Å². The molecule has 3 heterocycles. The lowest BCUT2D eigenvalue weighted by atomic mass is 9.97. The molecule has 1 fully saturated rings. The first kappa shape index (κ1) is 45.5. The van der Waals surface area contributed by atoms with Crippen molar-refractivity contribution in [2.75, 3.05) is 30.2 Å². The van der Waals surface area contributed by atoms with Crippen LogP contribution in [-0.2, 0) is 31.0 Å². The molecule has 5 amide bonds. The Morgan fingerprint density at radius 2 is 1.71 bits per heavy atom. The quantitative estimate of drug-likeness (QED) is 0.0368. The van der Waals surface area contributed by atoms with Gasteiger partial charge in [0.25, 0.3) is 17.7 Å². The Kier molecular flexibility index (Phi) is 14.3. The number of aromatic amines is 1. The van der Waals surface area contributed by atoms with E-state index >= 15 is 4.39 Å². The highest BCUT2D eigenvalue weighted by molar-refractivity contribution is 7.92. The molecule has 1 unspecified atom stereocenters. The largest absolute Gasteiger partial charge is 0.483 e. The first-order valence-corrected chi connectivity index (χ1v) is 21.7. The molecule has 0 aliphatic carbocycles. The van der Waals surface area contributed by atoms with Gasteiger partial charge >= 0.3 is 0 Å². The van der Waals surface area contributed by atoms with Gasteiger partial charge in [0.2, 0.25) is 27.6 Å². The maximum atomic E-state index is 15.5. The van der Waals surface area contributed by atoms with Gasteiger partial charge in [-0.2, -0.15) is 0 Å². The average Bonchev–Trinajstić information content (AvgIpc) is 3.82. The fraction of sp³-hybridized carbons (Fsp3) is 0.295. The van der Waals surface area contributed by atoms with Crippen LogP contribution in [0, 0.1) is 11.6 Å². The molecule has 0 saturated carbocycles. The van der Waals surface area contributed by atoms with E-state index in [-0.39, 0.29) is 78.2 Å². The first-order chi connectivity index (χ1) is 30.1. The van der Waals surface area contributed by atoms with E-state index < -0.39 is 62.5 Å². The van der Waals surface area contributed by atoms with Crippen LogP contribution >= 0.6 is 0 Å². The SMILES string of the molecule is C=Nc1[nH]cc(C(=O)c2c(F)ccc(NS(=O)(=O)CCC)c2F)c1/C=C(\C)c1ccc(C(=O)NCCCCNC(=O)COc2cccc3c2C(=O)N(C2CCC(=O)NC2=O)C3)cc1. The lowest BCUT2D eigenvalue weighted by Gasteiger charge is -2.29. The van der Waals surface area contributed by atoms with E-state index in [1.54, 1.807) is 62.4 Å². The van der Waals surface area contributed by atoms with Crippen molar-refractivity contribution in [3.8, 4) is 5.75 Å². The standard InChI is InChI=1S/C44H45F2N7O9S/c1-4-20-63(60,61)52-32-15-14-31(45)38(39(32)46)40(56)30-22-50-41(47-3)29(30)21-25(2)26-10-12-27(13-11-26)42(57)49-19-6-5-18-48-36(55)24-62-34-9-7-8-28-23-53(44(59)37(28)34)33-16-17-35(54)51-43(33)58/h7-15,21-22,33,50,52H,3-6,16-20,23-24H2,1-2H3,(H,48,55)(H,49,57)(H,51,54,58)/b25-21+. The molecule has 3 aromatic carbocycles. The van der Waals surface area contributed by atoms with Crippen LogP contribution in [-0.4, -0.2) is 91.8 Å². The number of nitrogens with one attached hydrogen (secondary N) is 5. The van der Waals surface area contributed by atoms with E-state index in [1.165, 1.54) is 11.1 Å². The highest BCUT2D eigenvalue weighted by Crippen LogP contribution is 2.34. The summed E-state index contributed by atoms with van der Waals surface area (Å²) in [6, 6.07) is 12.6. The van der Waals surface area contributed by atoms with Gasteiger partial charge in [-0.15, -0.1) is 0 Å². The molecule has 63 heavy (non-hydrogen) atoms. The topological polar surface area (TPSA) is 225 Å². The minimum absolute atomic E-state index is 0.134. The van der Waals surface area contributed by atoms with Crippen molar-refractivity contribution in [3.05, 3.63) is 111 Å². The molecule has 4 aromatic rings. The van der Waals surface area contributed by atoms with E-state index in [0.717, 1.165) is 12.1 Å². The molecular formula is C44H45F2N7O9S. The molecule has 1 atom stereocenters. The Labute approximate surface area is 361 Å². The summed E-state index contributed by atoms with van der Waals surface area (Å²) in [4.78, 5) is 84.3. The zero-order valence-corrected chi connectivity index (χ0v) is 35.3. The number of imide groups is 1. The predicted octanol–water partition coefficient (Wildman–Crippen LogP) is 5.03. The van der Waals surface area contributed by atoms with Crippen LogP contribution < -0.4 is 25.4 Å². The van der Waals surface area contributed by atoms with Crippen molar-refractivity contribution in [1.29, 1.82) is 0 Å². The highest BCUT2D eigenvalue weighted by atomic mass is 32.2. The smallest absolute Gasteiger partial charge is 0.258 e. The molecule has 5 N–H and O–H groups in total. The second kappa shape index (κ2) is 19.8. The maximum absolute atomic E-state index is 15.5. The number of hydrogen-bond acceptors (Lipinski definition) is 10. The van der Waals surface area contributed by atoms with Gasteiger partial charge in [-0.1, -0.05) is 31.2 Å². The first-order valence-electron chi connectivity index (χ1n) is 20.1. The number of sulfonamides is 1. The Bertz CT molecular complexity index is 2630. The van der Waals surface area contributed by atoms with Gasteiger partial charge in [0.05, 0.1) is 22.6 Å². The maximum Gasteiger partial charge on any atom is 0.258 e. The van der Waals surface area contributed by atoms with Crippen molar-refractivity contribution in [3.63, 3.8) is 0 Å². The Balaban J connectivity index is 0.974. The van der Waals surface area contributed by atoms with Gasteiger partial charge in [0, 0.05) is 48.9 Å². The number of ketones is 1. The second-order valence-corrected chi connectivity index (χ2v) is 16.7. The number of unbranched alkanes of at least 4 members (excludes halogenated alkanes) is 1. The number of hydrogen-bond donors (Lipinski definition) is 5. The molecule has 2 aliphatic rings. The van der Waals surface area contributed by atoms with E-state index in [1.807, 2.05) is 0 Å². The molecule has 0 bridgehead atoms. The van der Waals surface area contributed by atoms with E-state index in [0.29, 0.717) is 48.2 Å². The van der Waals surface area contributed by atoms with Gasteiger partial charge in [0.1, 0.15) is 23.4 Å². The van der Waals surface area contributed by atoms with E-state index in [9.17, 15) is 41.6 Å². The number of ether oxygens (including phenoxy) is 1. The zero-order valence-electron chi connectivity index (χ0n) is 34.4. The van der Waals surface area contributed by atoms with Crippen molar-refractivity contribution >= 4 is 75.2 Å². The van der Waals surface area contributed by atoms with Gasteiger partial charge in [-0.25, -0.2) is 22.2 Å². The molecule has 1 saturated heterocycles. The zero-order chi connectivity index (χ0) is 45.4. The molecule has 330 valence electrons. The number of allylic oxidation sites excluding steroid dienone is 1. The fourth-order valence-corrected chi connectivity index (χ4v) is 8.34. The normalized spacial score (nSPS) is 15.1. The molecule has 16 nitrogen and oxygen atoms in total. The number of carbonyl (C=O) groups is 6. The number of anilines is 1. The summed E-state index contributed by atoms with van der Waals surface area (Å²) < 4.78 is 62.8. The van der Waals surface area contributed by atoms with Gasteiger partial charge in [-0.05, 0) is 92.4 Å². The number of piperidine rings is 1. The molecule has 6 rings (SSSR count). The van der Waals surface area contributed by atoms with Crippen molar-refractivity contribution in [2.45, 2.75) is 58.5 Å². The Hall–Kier alpha value is -7.02. The molecule has 0 radical (unpaired) electrons. The van der Waals surface area contributed by atoms with Gasteiger partial charge < -0.3 is 25.3 Å². The lowest BCUT2D eigenvalue weighted by Crippen LogP contribution is -2.52. The van der Waals surface area contributed by atoms with Crippen LogP contribution in [0.5, 0.6) is 5.75 Å². The van der Waals surface area contributed by atoms with Crippen LogP contribution in [0.4, 0.5) is 20.3 Å². The number of aliphatic imine (C=N–C) groups is 1. The minimum atomic E-state index is -3.94. The summed E-state index contributed by atoms with van der Waals surface area (Å²) >= 11 is 0. The monoisotopic (exact) mass is 885 g/mol. The number of nitrogens with zero attached hydrogens (tertiary/aromatic N) is 2. The number of H-pyrrole nitrogens is 1. The molecule has 1 aromatic heterocycles. The molecule has 19 heteroatoms. The molecule has 2 aliphatic heterocycles. The summed E-state index contributed by atoms with van der Waals surface area (Å²) in [5, 5.41) is 7.85. The van der Waals surface area contributed by atoms with Crippen molar-refractivity contribution in [1.82, 2.24) is 25.8 Å². The Morgan fingerprint density at radius 3 is 2.41 bits per heavy atom. The van der Waals surface area contributed by atoms with Gasteiger partial charge in [0.15, 0.2) is 12.4 Å². The summed E-state index contributed by atoms with van der Waals surface area (Å²) in [6.07, 6.45) is 4.52. The summed E-state index contributed by atoms with van der Waals surface area (Å²) in [5.41, 5.74) is 1.10. The minimum Gasteiger partial charge on any atom is -0.483 e. The van der Waals surface area contributed by atoms with Crippen LogP contribution in [0.15, 0.2) is 65.8 Å². The summed E-state index contributed by atoms with van der Waals surface area (Å²) in [6.45, 7) is 7.33. The summed E-state index contributed by atoms with van der Waals surface area (Å²) in [7, 11) is -3.94. The number of benzene rings is 3. The van der Waals surface area contributed by atoms with Crippen LogP contribution in [0.1, 0.15) is 99.3 Å². The lowest BCUT2D eigenvalue weighted by molar-refractivity contribution is -0.137. The fourth-order valence-electron chi connectivity index (χ4n) is 7.21. The van der Waals surface area contributed by atoms with Crippen molar-refractivity contribution in [2.24, 2.45) is 4.99 Å². The van der Waals surface area contributed by atoms with Crippen LogP contribution in [0.25, 0.3) is 11.6 Å². The highest BCUT2D eigenvalue weighted by Gasteiger charge is 2.40. The third-order valence-electron chi connectivity index (χ3n) is 10.4. The van der Waals surface area contributed by atoms with Crippen LogP contribution in [0.2, 0.25) is 0 Å². The van der Waals surface area contributed by atoms with E-state index in [4.69, 9.17) is 4.74 Å². The number of amides is 5. The number of fused-ring (bicyclic) bond motifs is 1. The third-order valence-corrected chi connectivity index (χ3v) is 11.9. The van der Waals surface area contributed by atoms with Crippen LogP contribution in [0.3, 0.4) is 0 Å². The van der Waals surface area contributed by atoms with Gasteiger partial charge in [-0.3, -0.25) is 38.8 Å². The number of carbonyl (C=O) groups excluding carboxylic acids is 6. The number of halogens is 2. The molecular weight excluding hydrogens is 841 g/mol. The average molecular weight is 886 g/mol. The second-order valence-electron chi connectivity index (χ2n) is 14.9. The Morgan fingerprint density at radius 1 is 1.00 bits per heavy atom.